The van der Waals surface area contributed by atoms with Crippen LogP contribution < -0.4 is 5.73 Å². The molecule has 0 aromatic carbocycles. The van der Waals surface area contributed by atoms with Gasteiger partial charge in [-0.1, -0.05) is 6.42 Å². The molecule has 0 bridgehead atoms. The fraction of sp³-hybridized carbons (Fsp3) is 0.600. The van der Waals surface area contributed by atoms with Crippen molar-refractivity contribution in [1.82, 2.24) is 0 Å². The molecule has 72 valence electrons. The Bertz CT molecular complexity index is 284. The first-order chi connectivity index (χ1) is 6.27. The molecular weight excluding hydrogens is 182 g/mol. The van der Waals surface area contributed by atoms with Crippen LogP contribution in [0, 0.1) is 6.92 Å². The number of hydrogen-bond donors (Lipinski definition) is 1. The maximum Gasteiger partial charge on any atom is 0.114 e. The maximum atomic E-state index is 5.99. The van der Waals surface area contributed by atoms with E-state index < -0.39 is 0 Å². The molecule has 0 spiro atoms. The summed E-state index contributed by atoms with van der Waals surface area (Å²) in [5.41, 5.74) is 5.99. The minimum absolute atomic E-state index is 0.374. The monoisotopic (exact) mass is 197 g/mol. The zero-order chi connectivity index (χ0) is 9.26. The van der Waals surface area contributed by atoms with Crippen LogP contribution in [0.4, 0.5) is 0 Å². The quantitative estimate of drug-likeness (QED) is 0.792. The van der Waals surface area contributed by atoms with Crippen LogP contribution in [0.1, 0.15) is 25.0 Å². The lowest BCUT2D eigenvalue weighted by Gasteiger charge is -2.13. The third-order valence-corrected chi connectivity index (χ3v) is 4.16. The summed E-state index contributed by atoms with van der Waals surface area (Å²) in [6.07, 6.45) is 5.44. The van der Waals surface area contributed by atoms with Crippen LogP contribution >= 0.6 is 11.8 Å². The molecule has 2 N–H and O–H groups in total. The lowest BCUT2D eigenvalue weighted by molar-refractivity contribution is 0.526. The van der Waals surface area contributed by atoms with Crippen LogP contribution in [0.5, 0.6) is 0 Å². The van der Waals surface area contributed by atoms with E-state index in [-0.39, 0.29) is 0 Å². The van der Waals surface area contributed by atoms with Crippen molar-refractivity contribution in [1.29, 1.82) is 0 Å². The molecule has 1 aromatic rings. The minimum atomic E-state index is 0.374. The molecule has 1 heterocycles. The van der Waals surface area contributed by atoms with Gasteiger partial charge in [-0.2, -0.15) is 0 Å². The van der Waals surface area contributed by atoms with Gasteiger partial charge >= 0.3 is 0 Å². The van der Waals surface area contributed by atoms with Gasteiger partial charge in [-0.3, -0.25) is 0 Å². The Labute approximate surface area is 82.9 Å². The molecule has 0 amide bonds. The standard InChI is InChI=1S/C10H15NOS/c1-7-9(5-6-12-7)13-10-4-2-3-8(10)11/h5-6,8,10H,2-4,11H2,1H3. The molecule has 2 unspecified atom stereocenters. The second kappa shape index (κ2) is 3.76. The number of hydrogen-bond acceptors (Lipinski definition) is 3. The van der Waals surface area contributed by atoms with Crippen molar-refractivity contribution in [2.75, 3.05) is 0 Å². The first-order valence-corrected chi connectivity index (χ1v) is 5.61. The van der Waals surface area contributed by atoms with E-state index in [1.807, 2.05) is 24.8 Å². The van der Waals surface area contributed by atoms with Crippen LogP contribution in [-0.4, -0.2) is 11.3 Å². The summed E-state index contributed by atoms with van der Waals surface area (Å²) < 4.78 is 5.25. The molecule has 1 saturated carbocycles. The lowest BCUT2D eigenvalue weighted by Crippen LogP contribution is -2.26. The molecular formula is C10H15NOS. The molecule has 1 aliphatic carbocycles. The Balaban J connectivity index is 2.01. The highest BCUT2D eigenvalue weighted by atomic mass is 32.2. The Morgan fingerprint density at radius 1 is 1.54 bits per heavy atom. The fourth-order valence-electron chi connectivity index (χ4n) is 1.76. The second-order valence-corrected chi connectivity index (χ2v) is 4.87. The number of thioether (sulfide) groups is 1. The van der Waals surface area contributed by atoms with E-state index in [9.17, 15) is 0 Å². The van der Waals surface area contributed by atoms with Crippen LogP contribution in [0.3, 0.4) is 0 Å². The van der Waals surface area contributed by atoms with Gasteiger partial charge in [0.1, 0.15) is 5.76 Å². The van der Waals surface area contributed by atoms with Gasteiger partial charge in [-0.05, 0) is 25.8 Å². The van der Waals surface area contributed by atoms with E-state index in [4.69, 9.17) is 10.2 Å². The summed E-state index contributed by atoms with van der Waals surface area (Å²) in [7, 11) is 0. The van der Waals surface area contributed by atoms with Crippen molar-refractivity contribution in [2.45, 2.75) is 42.4 Å². The van der Waals surface area contributed by atoms with Crippen molar-refractivity contribution < 1.29 is 4.42 Å². The Hall–Kier alpha value is -0.410. The summed E-state index contributed by atoms with van der Waals surface area (Å²) in [6.45, 7) is 2.00. The largest absolute Gasteiger partial charge is 0.468 e. The zero-order valence-electron chi connectivity index (χ0n) is 7.82. The number of aryl methyl sites for hydroxylation is 1. The highest BCUT2D eigenvalue weighted by Crippen LogP contribution is 2.35. The first kappa shape index (κ1) is 9.16. The third kappa shape index (κ3) is 1.92. The van der Waals surface area contributed by atoms with Crippen molar-refractivity contribution in [3.8, 4) is 0 Å². The number of nitrogens with two attached hydrogens (primary N) is 1. The van der Waals surface area contributed by atoms with E-state index in [1.165, 1.54) is 24.2 Å². The highest BCUT2D eigenvalue weighted by molar-refractivity contribution is 8.00. The summed E-state index contributed by atoms with van der Waals surface area (Å²) in [5, 5.41) is 0.594. The zero-order valence-corrected chi connectivity index (χ0v) is 8.64. The Morgan fingerprint density at radius 3 is 2.92 bits per heavy atom. The molecule has 3 heteroatoms. The summed E-state index contributed by atoms with van der Waals surface area (Å²) in [5.74, 6) is 1.02. The minimum Gasteiger partial charge on any atom is -0.468 e. The molecule has 1 fully saturated rings. The SMILES string of the molecule is Cc1occc1SC1CCCC1N. The second-order valence-electron chi connectivity index (χ2n) is 3.59. The van der Waals surface area contributed by atoms with Crippen LogP contribution in [0.25, 0.3) is 0 Å². The van der Waals surface area contributed by atoms with Crippen LogP contribution in [0.15, 0.2) is 21.6 Å². The fourth-order valence-corrected chi connectivity index (χ4v) is 3.03. The van der Waals surface area contributed by atoms with Gasteiger partial charge in [-0.15, -0.1) is 11.8 Å². The van der Waals surface area contributed by atoms with Gasteiger partial charge in [0, 0.05) is 16.2 Å². The normalized spacial score (nSPS) is 28.2. The molecule has 1 aromatic heterocycles. The lowest BCUT2D eigenvalue weighted by atomic mass is 10.3. The smallest absolute Gasteiger partial charge is 0.114 e. The highest BCUT2D eigenvalue weighted by Gasteiger charge is 2.25. The van der Waals surface area contributed by atoms with E-state index in [0.29, 0.717) is 11.3 Å². The van der Waals surface area contributed by atoms with E-state index >= 15 is 0 Å². The Kier molecular flexibility index (Phi) is 2.65. The number of rotatable bonds is 2. The molecule has 2 nitrogen and oxygen atoms in total. The molecule has 2 atom stereocenters. The Morgan fingerprint density at radius 2 is 2.38 bits per heavy atom. The van der Waals surface area contributed by atoms with Crippen molar-refractivity contribution in [2.24, 2.45) is 5.73 Å². The molecule has 0 saturated heterocycles. The van der Waals surface area contributed by atoms with Gasteiger partial charge in [0.2, 0.25) is 0 Å². The van der Waals surface area contributed by atoms with Crippen molar-refractivity contribution in [3.63, 3.8) is 0 Å². The topological polar surface area (TPSA) is 39.2 Å². The number of furan rings is 1. The van der Waals surface area contributed by atoms with Crippen molar-refractivity contribution in [3.05, 3.63) is 18.1 Å². The van der Waals surface area contributed by atoms with Gasteiger partial charge in [0.25, 0.3) is 0 Å². The average Bonchev–Trinajstić information content (AvgIpc) is 2.65. The molecule has 13 heavy (non-hydrogen) atoms. The summed E-state index contributed by atoms with van der Waals surface area (Å²) in [4.78, 5) is 1.25. The third-order valence-electron chi connectivity index (χ3n) is 2.59. The van der Waals surface area contributed by atoms with E-state index in [0.717, 1.165) is 5.76 Å². The van der Waals surface area contributed by atoms with Gasteiger partial charge in [-0.25, -0.2) is 0 Å². The van der Waals surface area contributed by atoms with Crippen molar-refractivity contribution >= 4 is 11.8 Å². The average molecular weight is 197 g/mol. The van der Waals surface area contributed by atoms with E-state index in [1.54, 1.807) is 6.26 Å². The van der Waals surface area contributed by atoms with Gasteiger partial charge in [0.15, 0.2) is 0 Å². The predicted octanol–water partition coefficient (Wildman–Crippen LogP) is 2.56. The van der Waals surface area contributed by atoms with Crippen LogP contribution in [0.2, 0.25) is 0 Å². The molecule has 0 aliphatic heterocycles. The maximum absolute atomic E-state index is 5.99. The summed E-state index contributed by atoms with van der Waals surface area (Å²) in [6, 6.07) is 2.41. The predicted molar refractivity (Wildman–Crippen MR) is 54.9 cm³/mol. The van der Waals surface area contributed by atoms with E-state index in [2.05, 4.69) is 0 Å². The van der Waals surface area contributed by atoms with Gasteiger partial charge in [0.05, 0.1) is 6.26 Å². The first-order valence-electron chi connectivity index (χ1n) is 4.73. The summed E-state index contributed by atoms with van der Waals surface area (Å²) >= 11 is 1.87. The molecule has 0 radical (unpaired) electrons. The van der Waals surface area contributed by atoms with Crippen LogP contribution in [-0.2, 0) is 0 Å². The van der Waals surface area contributed by atoms with Gasteiger partial charge < -0.3 is 10.2 Å². The molecule has 1 aliphatic rings. The molecule has 2 rings (SSSR count).